The molecule has 7 rings (SSSR count). The van der Waals surface area contributed by atoms with Crippen LogP contribution in [0.25, 0.3) is 33.2 Å². The van der Waals surface area contributed by atoms with Crippen LogP contribution in [-0.4, -0.2) is 158 Å². The van der Waals surface area contributed by atoms with Gasteiger partial charge in [0.1, 0.15) is 24.4 Å². The largest absolute Gasteiger partial charge is 0.465 e. The maximum absolute atomic E-state index is 13.6. The number of nitrogens with one attached hydrogen (secondary N) is 3. The highest BCUT2D eigenvalue weighted by Crippen LogP contribution is 2.44. The van der Waals surface area contributed by atoms with Crippen molar-refractivity contribution in [2.75, 3.05) is 46.7 Å². The van der Waals surface area contributed by atoms with Crippen LogP contribution < -0.4 is 5.32 Å². The zero-order valence-electron chi connectivity index (χ0n) is 42.1. The number of carbonyl (C=O) groups is 2. The lowest BCUT2D eigenvalue weighted by atomic mass is 9.85. The predicted molar refractivity (Wildman–Crippen MR) is 263 cm³/mol. The first-order chi connectivity index (χ1) is 34.0. The summed E-state index contributed by atoms with van der Waals surface area (Å²) in [5.41, 5.74) is 11.8. The third kappa shape index (κ3) is 11.9. The summed E-state index contributed by atoms with van der Waals surface area (Å²) in [6.07, 6.45) is -5.89. The van der Waals surface area contributed by atoms with Gasteiger partial charge in [0.25, 0.3) is 0 Å². The molecule has 8 bridgehead atoms. The second kappa shape index (κ2) is 23.9. The Labute approximate surface area is 413 Å². The maximum atomic E-state index is 13.6. The molecule has 0 radical (unpaired) electrons. The van der Waals surface area contributed by atoms with Gasteiger partial charge in [-0.2, -0.15) is 0 Å². The average molecular weight is 992 g/mol. The summed E-state index contributed by atoms with van der Waals surface area (Å²) in [6, 6.07) is 6.11. The molecule has 3 aromatic heterocycles. The number of hydrogen-bond donors (Lipinski definition) is 9. The number of allylic oxidation sites excluding steroid dienone is 1. The molecule has 71 heavy (non-hydrogen) atoms. The van der Waals surface area contributed by atoms with Crippen LogP contribution in [0.1, 0.15) is 135 Å². The number of aromatic nitrogens is 4. The van der Waals surface area contributed by atoms with Crippen molar-refractivity contribution in [3.8, 4) is 0 Å². The van der Waals surface area contributed by atoms with Gasteiger partial charge in [0.05, 0.1) is 68.8 Å². The molecular formula is C52H73N5O14. The van der Waals surface area contributed by atoms with Crippen molar-refractivity contribution in [2.45, 2.75) is 161 Å². The van der Waals surface area contributed by atoms with E-state index in [0.29, 0.717) is 73.4 Å². The Balaban J connectivity index is 1.19. The number of aliphatic hydroxyl groups is 6. The van der Waals surface area contributed by atoms with E-state index >= 15 is 0 Å². The first-order valence-corrected chi connectivity index (χ1v) is 24.9. The lowest BCUT2D eigenvalue weighted by Crippen LogP contribution is -2.59. The van der Waals surface area contributed by atoms with Gasteiger partial charge in [0.15, 0.2) is 12.6 Å². The third-order valence-electron chi connectivity index (χ3n) is 14.4. The summed E-state index contributed by atoms with van der Waals surface area (Å²) in [6.45, 7) is 14.4. The summed E-state index contributed by atoms with van der Waals surface area (Å²) < 4.78 is 34.5. The minimum Gasteiger partial charge on any atom is -0.465 e. The van der Waals surface area contributed by atoms with E-state index in [2.05, 4.69) is 42.1 Å². The monoisotopic (exact) mass is 992 g/mol. The van der Waals surface area contributed by atoms with Gasteiger partial charge < -0.3 is 74.3 Å². The summed E-state index contributed by atoms with van der Waals surface area (Å²) in [4.78, 5) is 44.8. The van der Waals surface area contributed by atoms with Gasteiger partial charge in [0, 0.05) is 83.3 Å². The Kier molecular flexibility index (Phi) is 18.2. The fraction of sp³-hybridized carbons (Fsp3) is 0.615. The van der Waals surface area contributed by atoms with Crippen molar-refractivity contribution in [1.82, 2.24) is 25.3 Å². The van der Waals surface area contributed by atoms with E-state index in [1.54, 1.807) is 0 Å². The minimum atomic E-state index is -1.53. The number of esters is 1. The number of aromatic amines is 2. The summed E-state index contributed by atoms with van der Waals surface area (Å²) in [7, 11) is 1.36. The van der Waals surface area contributed by atoms with Crippen molar-refractivity contribution < 1.29 is 68.6 Å². The number of hydrogen-bond acceptors (Lipinski definition) is 16. The van der Waals surface area contributed by atoms with E-state index in [4.69, 9.17) is 38.4 Å². The topological polar surface area (TPSA) is 280 Å². The molecule has 0 aromatic carbocycles. The Morgan fingerprint density at radius 3 is 2.30 bits per heavy atom. The molecule has 0 spiro atoms. The van der Waals surface area contributed by atoms with E-state index in [1.165, 1.54) is 7.11 Å². The van der Waals surface area contributed by atoms with Crippen LogP contribution in [0.4, 0.5) is 0 Å². The Morgan fingerprint density at radius 2 is 1.58 bits per heavy atom. The quantitative estimate of drug-likeness (QED) is 0.0600. The average Bonchev–Trinajstić information content (AvgIpc) is 4.05. The third-order valence-corrected chi connectivity index (χ3v) is 14.4. The fourth-order valence-corrected chi connectivity index (χ4v) is 10.3. The van der Waals surface area contributed by atoms with Crippen LogP contribution in [0.15, 0.2) is 18.2 Å². The standard InChI is InChI=1S/C52H73N5O14/c1-9-33-25(2)35-22-40-44(30(7)67-16-11-17-69-52-50(64)49(63)48(62)41(24-59)71-52)27(4)37(55-40)20-36-26(3)34(12-13-42(61)53-14-10-15-68-43-19-31(60)18-32(23-58)70-43)46(56-36)29(6)47-45(51(65)66-8)28(5)38(57-47)21-39(33)54-35/h20-22,26,30-32,34,41,43,48-50,52,54-55,58-60,62-64H,9-19,23-24H2,1-8H3,(H,53,61)/t26-,30?,31-,32-,34-,41+,43+,48+,49-,50+,52+/m0/s1. The minimum absolute atomic E-state index is 0.112. The molecule has 19 nitrogen and oxygen atoms in total. The molecule has 3 aromatic rings. The second-order valence-electron chi connectivity index (χ2n) is 19.2. The zero-order valence-corrected chi connectivity index (χ0v) is 42.1. The molecule has 4 aliphatic rings. The predicted octanol–water partition coefficient (Wildman–Crippen LogP) is 4.24. The normalized spacial score (nSPS) is 26.2. The molecule has 2 fully saturated rings. The Bertz CT molecular complexity index is 2570. The van der Waals surface area contributed by atoms with Crippen LogP contribution in [0.2, 0.25) is 0 Å². The van der Waals surface area contributed by atoms with Gasteiger partial charge in [-0.25, -0.2) is 9.78 Å². The number of methoxy groups -OCH3 is 1. The molecule has 4 aliphatic heterocycles. The molecular weight excluding hydrogens is 919 g/mol. The molecule has 390 valence electrons. The van der Waals surface area contributed by atoms with E-state index in [1.807, 2.05) is 39.8 Å². The molecule has 19 heteroatoms. The highest BCUT2D eigenvalue weighted by atomic mass is 16.7. The van der Waals surface area contributed by atoms with Crippen LogP contribution >= 0.6 is 0 Å². The summed E-state index contributed by atoms with van der Waals surface area (Å²) in [5.74, 6) is -1.00. The van der Waals surface area contributed by atoms with Crippen LogP contribution in [-0.2, 0) is 44.4 Å². The van der Waals surface area contributed by atoms with E-state index in [0.717, 1.165) is 62.1 Å². The molecule has 2 saturated heterocycles. The highest BCUT2D eigenvalue weighted by molar-refractivity contribution is 6.25. The number of carbonyl (C=O) groups excluding carboxylic acids is 2. The number of ether oxygens (including phenoxy) is 6. The van der Waals surface area contributed by atoms with Crippen LogP contribution in [0.3, 0.4) is 0 Å². The highest BCUT2D eigenvalue weighted by Gasteiger charge is 2.44. The first kappa shape index (κ1) is 54.1. The van der Waals surface area contributed by atoms with Gasteiger partial charge in [-0.3, -0.25) is 9.78 Å². The van der Waals surface area contributed by atoms with Crippen LogP contribution in [0.5, 0.6) is 0 Å². The summed E-state index contributed by atoms with van der Waals surface area (Å²) >= 11 is 0. The van der Waals surface area contributed by atoms with Crippen molar-refractivity contribution >= 4 is 45.1 Å². The molecule has 11 atom stereocenters. The number of rotatable bonds is 19. The van der Waals surface area contributed by atoms with Crippen molar-refractivity contribution in [3.05, 3.63) is 68.8 Å². The SMILES string of the molecule is CCc1c(C)c2cc3[nH]c(cc4nc(c(C)c5nc(cc1[nH]2)C(C)=C5C(=O)OC)[C@@H](CCC(=O)NCCCO[C@H]1C[C@@H](O)C[C@@H](CO)O1)[C@@H]4C)c(C)c3C(C)OCCCO[C@@H]1O[C@H](CO)[C@@H](O)[C@H](O)[C@H]1O. The number of fused-ring (bicyclic) bond motifs is 8. The van der Waals surface area contributed by atoms with Gasteiger partial charge in [-0.05, 0) is 106 Å². The van der Waals surface area contributed by atoms with Gasteiger partial charge in [0.2, 0.25) is 5.91 Å². The number of aliphatic hydroxyl groups excluding tert-OH is 6. The van der Waals surface area contributed by atoms with E-state index < -0.39 is 67.9 Å². The summed E-state index contributed by atoms with van der Waals surface area (Å²) in [5, 5.41) is 62.9. The lowest BCUT2D eigenvalue weighted by Gasteiger charge is -2.39. The Hall–Kier alpha value is -4.64. The molecule has 0 saturated carbocycles. The molecule has 1 unspecified atom stereocenters. The van der Waals surface area contributed by atoms with E-state index in [-0.39, 0.29) is 44.0 Å². The number of amides is 1. The molecule has 9 N–H and O–H groups in total. The van der Waals surface area contributed by atoms with Gasteiger partial charge in [-0.1, -0.05) is 13.8 Å². The van der Waals surface area contributed by atoms with Crippen molar-refractivity contribution in [2.24, 2.45) is 0 Å². The number of H-pyrrole nitrogens is 2. The molecule has 7 heterocycles. The number of nitrogens with zero attached hydrogens (tertiary/aromatic N) is 2. The zero-order chi connectivity index (χ0) is 51.3. The first-order valence-electron chi connectivity index (χ1n) is 24.9. The van der Waals surface area contributed by atoms with Crippen molar-refractivity contribution in [3.63, 3.8) is 0 Å². The maximum Gasteiger partial charge on any atom is 0.340 e. The van der Waals surface area contributed by atoms with Crippen LogP contribution in [0, 0.1) is 20.8 Å². The van der Waals surface area contributed by atoms with Gasteiger partial charge >= 0.3 is 5.97 Å². The Morgan fingerprint density at radius 1 is 0.845 bits per heavy atom. The second-order valence-corrected chi connectivity index (χ2v) is 19.2. The fourth-order valence-electron chi connectivity index (χ4n) is 10.3. The number of aryl methyl sites for hydroxylation is 3. The van der Waals surface area contributed by atoms with Crippen molar-refractivity contribution in [1.29, 1.82) is 0 Å². The smallest absolute Gasteiger partial charge is 0.340 e. The molecule has 0 aliphatic carbocycles. The van der Waals surface area contributed by atoms with E-state index in [9.17, 15) is 40.2 Å². The molecule has 1 amide bonds. The lowest BCUT2D eigenvalue weighted by molar-refractivity contribution is -0.301. The van der Waals surface area contributed by atoms with Gasteiger partial charge in [-0.15, -0.1) is 0 Å².